The molecule has 0 aliphatic heterocycles. The van der Waals surface area contributed by atoms with E-state index in [0.717, 1.165) is 11.1 Å². The molecule has 0 heterocycles. The molecule has 0 amide bonds. The lowest BCUT2D eigenvalue weighted by Crippen LogP contribution is -2.07. The summed E-state index contributed by atoms with van der Waals surface area (Å²) in [6.07, 6.45) is 0.678. The Morgan fingerprint density at radius 2 is 1.83 bits per heavy atom. The molecule has 3 heteroatoms. The fraction of sp³-hybridized carbons (Fsp3) is 0.200. The molecule has 0 spiro atoms. The van der Waals surface area contributed by atoms with Crippen LogP contribution in [0.2, 0.25) is 0 Å². The topological polar surface area (TPSA) is 34.1 Å². The van der Waals surface area contributed by atoms with Crippen molar-refractivity contribution in [1.29, 1.82) is 0 Å². The summed E-state index contributed by atoms with van der Waals surface area (Å²) >= 11 is 0. The van der Waals surface area contributed by atoms with E-state index in [1.807, 2.05) is 25.1 Å². The third kappa shape index (κ3) is 2.18. The summed E-state index contributed by atoms with van der Waals surface area (Å²) in [6, 6.07) is 15.2. The summed E-state index contributed by atoms with van der Waals surface area (Å²) < 4.78 is 25.2. The van der Waals surface area contributed by atoms with Crippen LogP contribution < -0.4 is 0 Å². The normalized spacial score (nSPS) is 11.4. The Morgan fingerprint density at radius 1 is 1.11 bits per heavy atom. The quantitative estimate of drug-likeness (QED) is 0.848. The van der Waals surface area contributed by atoms with Crippen molar-refractivity contribution in [3.63, 3.8) is 0 Å². The van der Waals surface area contributed by atoms with Crippen LogP contribution in [0.4, 0.5) is 0 Å². The molecular formula is C15H15O2S. The zero-order chi connectivity index (χ0) is 13.2. The van der Waals surface area contributed by atoms with E-state index in [1.165, 1.54) is 0 Å². The van der Waals surface area contributed by atoms with Gasteiger partial charge in [-0.1, -0.05) is 43.3 Å². The molecule has 0 saturated heterocycles. The van der Waals surface area contributed by atoms with E-state index in [1.54, 1.807) is 31.2 Å². The van der Waals surface area contributed by atoms with Crippen LogP contribution >= 0.6 is 0 Å². The second kappa shape index (κ2) is 4.94. The first-order valence-corrected chi connectivity index (χ1v) is 7.36. The van der Waals surface area contributed by atoms with Crippen molar-refractivity contribution in [3.8, 4) is 0 Å². The third-order valence-electron chi connectivity index (χ3n) is 2.93. The smallest absolute Gasteiger partial charge is 0.207 e. The van der Waals surface area contributed by atoms with Gasteiger partial charge < -0.3 is 0 Å². The highest BCUT2D eigenvalue weighted by atomic mass is 32.2. The maximum Gasteiger partial charge on any atom is 0.207 e. The first-order chi connectivity index (χ1) is 8.57. The molecule has 0 atom stereocenters. The number of sulfone groups is 1. The second-order valence-corrected chi connectivity index (χ2v) is 6.00. The van der Waals surface area contributed by atoms with Crippen LogP contribution in [0.3, 0.4) is 0 Å². The second-order valence-electron chi connectivity index (χ2n) is 4.15. The molecule has 0 bridgehead atoms. The van der Waals surface area contributed by atoms with E-state index in [-0.39, 0.29) is 0 Å². The molecule has 0 unspecified atom stereocenters. The van der Waals surface area contributed by atoms with Gasteiger partial charge in [0, 0.05) is 6.07 Å². The van der Waals surface area contributed by atoms with Crippen molar-refractivity contribution in [2.24, 2.45) is 0 Å². The minimum absolute atomic E-state index is 0.293. The molecule has 2 aromatic carbocycles. The van der Waals surface area contributed by atoms with Crippen LogP contribution in [0, 0.1) is 13.0 Å². The number of aryl methyl sites for hydroxylation is 2. The van der Waals surface area contributed by atoms with Gasteiger partial charge in [-0.15, -0.1) is 0 Å². The van der Waals surface area contributed by atoms with Crippen LogP contribution in [-0.4, -0.2) is 8.42 Å². The lowest BCUT2D eigenvalue weighted by molar-refractivity contribution is 0.594. The summed E-state index contributed by atoms with van der Waals surface area (Å²) in [5.74, 6) is 0. The fourth-order valence-electron chi connectivity index (χ4n) is 1.95. The van der Waals surface area contributed by atoms with Crippen molar-refractivity contribution in [2.75, 3.05) is 0 Å². The molecule has 0 N–H and O–H groups in total. The van der Waals surface area contributed by atoms with Crippen molar-refractivity contribution in [3.05, 3.63) is 59.7 Å². The standard InChI is InChI=1S/C15H15O2S/c1-3-13-9-5-7-11-15(13)18(16,17)14-10-6-4-8-12(14)2/h4-10H,3H2,1-2H3. The SMILES string of the molecule is CCc1ccc[c]c1S(=O)(=O)c1ccccc1C. The maximum absolute atomic E-state index is 12.6. The molecular weight excluding hydrogens is 244 g/mol. The van der Waals surface area contributed by atoms with E-state index >= 15 is 0 Å². The zero-order valence-electron chi connectivity index (χ0n) is 10.5. The van der Waals surface area contributed by atoms with Gasteiger partial charge in [0.05, 0.1) is 9.79 Å². The Morgan fingerprint density at radius 3 is 2.50 bits per heavy atom. The molecule has 0 aromatic heterocycles. The Balaban J connectivity index is 2.66. The zero-order valence-corrected chi connectivity index (χ0v) is 11.3. The molecule has 0 aliphatic carbocycles. The molecule has 2 aromatic rings. The van der Waals surface area contributed by atoms with Gasteiger partial charge in [-0.05, 0) is 30.5 Å². The minimum atomic E-state index is -3.47. The molecule has 2 rings (SSSR count). The average Bonchev–Trinajstić information content (AvgIpc) is 2.39. The van der Waals surface area contributed by atoms with Crippen molar-refractivity contribution >= 4 is 9.84 Å². The monoisotopic (exact) mass is 259 g/mol. The Bertz CT molecular complexity index is 658. The highest BCUT2D eigenvalue weighted by Gasteiger charge is 2.21. The van der Waals surface area contributed by atoms with E-state index in [4.69, 9.17) is 0 Å². The van der Waals surface area contributed by atoms with Crippen molar-refractivity contribution in [1.82, 2.24) is 0 Å². The number of rotatable bonds is 3. The van der Waals surface area contributed by atoms with E-state index in [2.05, 4.69) is 6.07 Å². The van der Waals surface area contributed by atoms with Gasteiger partial charge in [-0.25, -0.2) is 8.42 Å². The predicted molar refractivity (Wildman–Crippen MR) is 71.3 cm³/mol. The van der Waals surface area contributed by atoms with Gasteiger partial charge in [-0.2, -0.15) is 0 Å². The lowest BCUT2D eigenvalue weighted by atomic mass is 10.2. The van der Waals surface area contributed by atoms with Crippen LogP contribution in [-0.2, 0) is 16.3 Å². The summed E-state index contributed by atoms with van der Waals surface area (Å²) in [5, 5.41) is 0. The van der Waals surface area contributed by atoms with Gasteiger partial charge in [-0.3, -0.25) is 0 Å². The number of benzene rings is 2. The van der Waals surface area contributed by atoms with E-state index in [0.29, 0.717) is 16.2 Å². The van der Waals surface area contributed by atoms with Crippen LogP contribution in [0.1, 0.15) is 18.1 Å². The number of hydrogen-bond acceptors (Lipinski definition) is 2. The van der Waals surface area contributed by atoms with Crippen LogP contribution in [0.25, 0.3) is 0 Å². The summed E-state index contributed by atoms with van der Waals surface area (Å²) in [6.45, 7) is 3.75. The summed E-state index contributed by atoms with van der Waals surface area (Å²) in [7, 11) is -3.47. The highest BCUT2D eigenvalue weighted by Crippen LogP contribution is 2.26. The maximum atomic E-state index is 12.6. The molecule has 93 valence electrons. The average molecular weight is 259 g/mol. The molecule has 1 radical (unpaired) electrons. The van der Waals surface area contributed by atoms with Crippen LogP contribution in [0.5, 0.6) is 0 Å². The molecule has 2 nitrogen and oxygen atoms in total. The van der Waals surface area contributed by atoms with Crippen LogP contribution in [0.15, 0.2) is 52.3 Å². The summed E-state index contributed by atoms with van der Waals surface area (Å²) in [5.41, 5.74) is 1.57. The summed E-state index contributed by atoms with van der Waals surface area (Å²) in [4.78, 5) is 0.656. The Hall–Kier alpha value is -1.61. The first kappa shape index (κ1) is 12.8. The predicted octanol–water partition coefficient (Wildman–Crippen LogP) is 3.19. The first-order valence-electron chi connectivity index (χ1n) is 5.87. The van der Waals surface area contributed by atoms with Gasteiger partial charge in [0.1, 0.15) is 0 Å². The number of hydrogen-bond donors (Lipinski definition) is 0. The lowest BCUT2D eigenvalue weighted by Gasteiger charge is -2.10. The molecule has 0 saturated carbocycles. The molecule has 0 fully saturated rings. The minimum Gasteiger partial charge on any atom is -0.218 e. The van der Waals surface area contributed by atoms with E-state index < -0.39 is 9.84 Å². The molecule has 0 aliphatic rings. The van der Waals surface area contributed by atoms with Gasteiger partial charge in [0.15, 0.2) is 0 Å². The van der Waals surface area contributed by atoms with Gasteiger partial charge >= 0.3 is 0 Å². The Labute approximate surface area is 108 Å². The molecule has 18 heavy (non-hydrogen) atoms. The highest BCUT2D eigenvalue weighted by molar-refractivity contribution is 7.91. The van der Waals surface area contributed by atoms with Crippen molar-refractivity contribution < 1.29 is 8.42 Å². The van der Waals surface area contributed by atoms with Gasteiger partial charge in [0.2, 0.25) is 9.84 Å². The van der Waals surface area contributed by atoms with E-state index in [9.17, 15) is 8.42 Å². The third-order valence-corrected chi connectivity index (χ3v) is 4.89. The fourth-order valence-corrected chi connectivity index (χ4v) is 3.70. The Kier molecular flexibility index (Phi) is 3.53. The van der Waals surface area contributed by atoms with Crippen molar-refractivity contribution in [2.45, 2.75) is 30.1 Å². The van der Waals surface area contributed by atoms with Gasteiger partial charge in [0.25, 0.3) is 0 Å². The largest absolute Gasteiger partial charge is 0.218 e.